The van der Waals surface area contributed by atoms with Gasteiger partial charge in [-0.05, 0) is 13.0 Å². The van der Waals surface area contributed by atoms with Crippen molar-refractivity contribution in [1.82, 2.24) is 19.4 Å². The summed E-state index contributed by atoms with van der Waals surface area (Å²) in [7, 11) is 0. The molecule has 6 heteroatoms. The molecule has 1 amide bonds. The van der Waals surface area contributed by atoms with E-state index in [9.17, 15) is 9.90 Å². The number of aliphatic hydroxyl groups excluding tert-OH is 1. The van der Waals surface area contributed by atoms with Crippen LogP contribution in [0.4, 0.5) is 0 Å². The zero-order chi connectivity index (χ0) is 14.4. The first-order chi connectivity index (χ1) is 9.69. The third-order valence-electron chi connectivity index (χ3n) is 3.64. The Labute approximate surface area is 120 Å². The summed E-state index contributed by atoms with van der Waals surface area (Å²) in [6.07, 6.45) is 6.91. The highest BCUT2D eigenvalue weighted by molar-refractivity contribution is 5.76. The van der Waals surface area contributed by atoms with E-state index in [4.69, 9.17) is 0 Å². The Kier molecular flexibility index (Phi) is 5.55. The standard InChI is InChI=1S/C14H24N4O2/c1-2-3-5-16-7-8-18(10-13(19)9-16)14(20)11-17-6-4-15-12-17/h4,6,12-13,19H,2-3,5,7-11H2,1H3/t13-/m1/s1. The van der Waals surface area contributed by atoms with E-state index in [0.29, 0.717) is 26.2 Å². The lowest BCUT2D eigenvalue weighted by molar-refractivity contribution is -0.132. The predicted octanol–water partition coefficient (Wildman–Crippen LogP) is 0.188. The molecule has 0 unspecified atom stereocenters. The van der Waals surface area contributed by atoms with Crippen LogP contribution in [0.3, 0.4) is 0 Å². The second-order valence-corrected chi connectivity index (χ2v) is 5.38. The van der Waals surface area contributed by atoms with E-state index in [1.54, 1.807) is 28.2 Å². The molecular formula is C14H24N4O2. The highest BCUT2D eigenvalue weighted by Gasteiger charge is 2.24. The van der Waals surface area contributed by atoms with Crippen LogP contribution in [0.25, 0.3) is 0 Å². The number of imidazole rings is 1. The number of amides is 1. The number of carbonyl (C=O) groups excluding carboxylic acids is 1. The Morgan fingerprint density at radius 1 is 1.40 bits per heavy atom. The van der Waals surface area contributed by atoms with Gasteiger partial charge >= 0.3 is 0 Å². The highest BCUT2D eigenvalue weighted by atomic mass is 16.3. The third-order valence-corrected chi connectivity index (χ3v) is 3.64. The number of unbranched alkanes of at least 4 members (excludes halogenated alkanes) is 1. The smallest absolute Gasteiger partial charge is 0.242 e. The SMILES string of the molecule is CCCCN1CCN(C(=O)Cn2ccnc2)C[C@H](O)C1. The molecule has 0 aromatic carbocycles. The molecule has 0 aliphatic carbocycles. The second kappa shape index (κ2) is 7.40. The van der Waals surface area contributed by atoms with Crippen molar-refractivity contribution in [2.75, 3.05) is 32.7 Å². The van der Waals surface area contributed by atoms with Gasteiger partial charge in [-0.3, -0.25) is 9.69 Å². The maximum atomic E-state index is 12.2. The monoisotopic (exact) mass is 280 g/mol. The van der Waals surface area contributed by atoms with Gasteiger partial charge in [0.05, 0.1) is 12.4 Å². The molecule has 1 saturated heterocycles. The summed E-state index contributed by atoms with van der Waals surface area (Å²) >= 11 is 0. The van der Waals surface area contributed by atoms with Gasteiger partial charge in [0.15, 0.2) is 0 Å². The maximum Gasteiger partial charge on any atom is 0.242 e. The molecule has 1 fully saturated rings. The lowest BCUT2D eigenvalue weighted by Crippen LogP contribution is -2.39. The fraction of sp³-hybridized carbons (Fsp3) is 0.714. The molecule has 0 radical (unpaired) electrons. The van der Waals surface area contributed by atoms with Gasteiger partial charge in [-0.1, -0.05) is 13.3 Å². The Bertz CT molecular complexity index is 407. The quantitative estimate of drug-likeness (QED) is 0.836. The summed E-state index contributed by atoms with van der Waals surface area (Å²) in [5.74, 6) is 0.0411. The fourth-order valence-electron chi connectivity index (χ4n) is 2.50. The minimum atomic E-state index is -0.457. The molecule has 0 spiro atoms. The van der Waals surface area contributed by atoms with Crippen LogP contribution < -0.4 is 0 Å². The minimum absolute atomic E-state index is 0.0411. The van der Waals surface area contributed by atoms with Crippen LogP contribution in [0.5, 0.6) is 0 Å². The molecule has 1 aromatic rings. The molecule has 112 valence electrons. The summed E-state index contributed by atoms with van der Waals surface area (Å²) in [6, 6.07) is 0. The molecule has 1 atom stereocenters. The Morgan fingerprint density at radius 3 is 2.95 bits per heavy atom. The average molecular weight is 280 g/mol. The molecule has 1 N–H and O–H groups in total. The van der Waals surface area contributed by atoms with Crippen molar-refractivity contribution in [3.05, 3.63) is 18.7 Å². The summed E-state index contributed by atoms with van der Waals surface area (Å²) in [6.45, 7) is 6.07. The molecule has 1 aromatic heterocycles. The zero-order valence-corrected chi connectivity index (χ0v) is 12.1. The van der Waals surface area contributed by atoms with Gasteiger partial charge < -0.3 is 14.6 Å². The number of nitrogens with zero attached hydrogens (tertiary/aromatic N) is 4. The minimum Gasteiger partial charge on any atom is -0.390 e. The van der Waals surface area contributed by atoms with Gasteiger partial charge in [0, 0.05) is 38.6 Å². The molecule has 2 heterocycles. The van der Waals surface area contributed by atoms with Crippen LogP contribution in [0, 0.1) is 0 Å². The first kappa shape index (κ1) is 15.0. The van der Waals surface area contributed by atoms with Crippen molar-refractivity contribution in [3.63, 3.8) is 0 Å². The number of β-amino-alcohol motifs (C(OH)–C–C–N with tert-alkyl or cyclic N) is 1. The van der Waals surface area contributed by atoms with Crippen molar-refractivity contribution in [2.24, 2.45) is 0 Å². The fourth-order valence-corrected chi connectivity index (χ4v) is 2.50. The number of rotatable bonds is 5. The van der Waals surface area contributed by atoms with E-state index in [-0.39, 0.29) is 5.91 Å². The summed E-state index contributed by atoms with van der Waals surface area (Å²) in [4.78, 5) is 20.2. The topological polar surface area (TPSA) is 61.6 Å². The molecule has 0 saturated carbocycles. The van der Waals surface area contributed by atoms with Crippen LogP contribution >= 0.6 is 0 Å². The summed E-state index contributed by atoms with van der Waals surface area (Å²) < 4.78 is 1.76. The van der Waals surface area contributed by atoms with E-state index in [0.717, 1.165) is 25.9 Å². The van der Waals surface area contributed by atoms with Crippen molar-refractivity contribution < 1.29 is 9.90 Å². The van der Waals surface area contributed by atoms with E-state index in [1.807, 2.05) is 0 Å². The Balaban J connectivity index is 1.87. The maximum absolute atomic E-state index is 12.2. The van der Waals surface area contributed by atoms with E-state index < -0.39 is 6.10 Å². The zero-order valence-electron chi connectivity index (χ0n) is 12.1. The van der Waals surface area contributed by atoms with Crippen LogP contribution in [0.15, 0.2) is 18.7 Å². The number of carbonyl (C=O) groups is 1. The van der Waals surface area contributed by atoms with Gasteiger partial charge in [0.25, 0.3) is 0 Å². The molecule has 0 bridgehead atoms. The Hall–Kier alpha value is -1.40. The molecule has 6 nitrogen and oxygen atoms in total. The highest BCUT2D eigenvalue weighted by Crippen LogP contribution is 2.06. The molecular weight excluding hydrogens is 256 g/mol. The average Bonchev–Trinajstić information content (AvgIpc) is 2.85. The summed E-state index contributed by atoms with van der Waals surface area (Å²) in [5.41, 5.74) is 0. The second-order valence-electron chi connectivity index (χ2n) is 5.38. The van der Waals surface area contributed by atoms with Crippen molar-refractivity contribution in [2.45, 2.75) is 32.4 Å². The first-order valence-electron chi connectivity index (χ1n) is 7.33. The van der Waals surface area contributed by atoms with E-state index >= 15 is 0 Å². The molecule has 1 aliphatic rings. The van der Waals surface area contributed by atoms with E-state index in [2.05, 4.69) is 16.8 Å². The van der Waals surface area contributed by atoms with Crippen molar-refractivity contribution in [3.8, 4) is 0 Å². The van der Waals surface area contributed by atoms with Gasteiger partial charge in [-0.2, -0.15) is 0 Å². The number of hydrogen-bond acceptors (Lipinski definition) is 4. The lowest BCUT2D eigenvalue weighted by Gasteiger charge is -2.22. The Morgan fingerprint density at radius 2 is 2.25 bits per heavy atom. The van der Waals surface area contributed by atoms with Crippen molar-refractivity contribution >= 4 is 5.91 Å². The van der Waals surface area contributed by atoms with Crippen molar-refractivity contribution in [1.29, 1.82) is 0 Å². The number of aliphatic hydroxyl groups is 1. The predicted molar refractivity (Wildman–Crippen MR) is 76.2 cm³/mol. The third kappa shape index (κ3) is 4.31. The lowest BCUT2D eigenvalue weighted by atomic mass is 10.3. The normalized spacial score (nSPS) is 20.9. The molecule has 2 rings (SSSR count). The van der Waals surface area contributed by atoms with Gasteiger partial charge in [-0.15, -0.1) is 0 Å². The van der Waals surface area contributed by atoms with Crippen LogP contribution in [0.2, 0.25) is 0 Å². The van der Waals surface area contributed by atoms with Gasteiger partial charge in [0.2, 0.25) is 5.91 Å². The number of hydrogen-bond donors (Lipinski definition) is 1. The molecule has 20 heavy (non-hydrogen) atoms. The van der Waals surface area contributed by atoms with Crippen LogP contribution in [-0.2, 0) is 11.3 Å². The van der Waals surface area contributed by atoms with E-state index in [1.165, 1.54) is 0 Å². The van der Waals surface area contributed by atoms with Crippen LogP contribution in [0.1, 0.15) is 19.8 Å². The molecule has 1 aliphatic heterocycles. The summed E-state index contributed by atoms with van der Waals surface area (Å²) in [5, 5.41) is 10.0. The first-order valence-corrected chi connectivity index (χ1v) is 7.33. The largest absolute Gasteiger partial charge is 0.390 e. The van der Waals surface area contributed by atoms with Crippen LogP contribution in [-0.4, -0.2) is 69.2 Å². The van der Waals surface area contributed by atoms with Gasteiger partial charge in [-0.25, -0.2) is 4.98 Å². The van der Waals surface area contributed by atoms with Gasteiger partial charge in [0.1, 0.15) is 6.54 Å². The number of aromatic nitrogens is 2.